The first-order chi connectivity index (χ1) is 10.5. The highest BCUT2D eigenvalue weighted by Crippen LogP contribution is 2.32. The number of fused-ring (bicyclic) bond motifs is 1. The van der Waals surface area contributed by atoms with Gasteiger partial charge in [-0.05, 0) is 25.5 Å². The Morgan fingerprint density at radius 3 is 2.59 bits per heavy atom. The first-order valence-electron chi connectivity index (χ1n) is 6.98. The van der Waals surface area contributed by atoms with Crippen LogP contribution in [0, 0.1) is 6.92 Å². The molecule has 2 aromatic heterocycles. The lowest BCUT2D eigenvalue weighted by molar-refractivity contribution is -0.136. The molecule has 0 saturated carbocycles. The van der Waals surface area contributed by atoms with Gasteiger partial charge in [0.1, 0.15) is 0 Å². The van der Waals surface area contributed by atoms with E-state index < -0.39 is 5.97 Å². The molecule has 2 heterocycles. The molecule has 1 N–H and O–H groups in total. The molecule has 0 spiro atoms. The van der Waals surface area contributed by atoms with E-state index in [0.717, 1.165) is 34.0 Å². The molecule has 0 aliphatic heterocycles. The molecule has 3 rings (SSSR count). The second-order valence-electron chi connectivity index (χ2n) is 5.06. The molecule has 114 valence electrons. The Bertz CT molecular complexity index is 849. The second-order valence-corrected chi connectivity index (χ2v) is 6.68. The average molecular weight is 335 g/mol. The zero-order chi connectivity index (χ0) is 15.9. The molecule has 0 aliphatic rings. The van der Waals surface area contributed by atoms with Gasteiger partial charge < -0.3 is 5.11 Å². The number of imidazole rings is 1. The summed E-state index contributed by atoms with van der Waals surface area (Å²) in [7, 11) is 0. The number of nitrogens with zero attached hydrogens (tertiary/aromatic N) is 2. The normalized spacial score (nSPS) is 11.2. The number of hydrogen-bond donors (Lipinski definition) is 1. The Balaban J connectivity index is 2.27. The molecule has 3 aromatic rings. The molecule has 0 aliphatic carbocycles. The zero-order valence-electron chi connectivity index (χ0n) is 12.3. The van der Waals surface area contributed by atoms with E-state index in [-0.39, 0.29) is 6.42 Å². The molecule has 4 nitrogen and oxygen atoms in total. The number of carboxylic acids is 1. The predicted molar refractivity (Wildman–Crippen MR) is 89.0 cm³/mol. The van der Waals surface area contributed by atoms with Gasteiger partial charge in [-0.3, -0.25) is 9.20 Å². The highest BCUT2D eigenvalue weighted by atomic mass is 35.5. The van der Waals surface area contributed by atoms with E-state index >= 15 is 0 Å². The van der Waals surface area contributed by atoms with Crippen LogP contribution >= 0.6 is 22.9 Å². The third kappa shape index (κ3) is 2.51. The molecular formula is C16H15ClN2O2S. The van der Waals surface area contributed by atoms with Crippen LogP contribution < -0.4 is 0 Å². The summed E-state index contributed by atoms with van der Waals surface area (Å²) in [5.41, 5.74) is 3.46. The molecule has 0 amide bonds. The first kappa shape index (κ1) is 15.1. The molecular weight excluding hydrogens is 320 g/mol. The van der Waals surface area contributed by atoms with E-state index in [0.29, 0.717) is 5.02 Å². The summed E-state index contributed by atoms with van der Waals surface area (Å²) < 4.78 is 2.00. The van der Waals surface area contributed by atoms with Gasteiger partial charge in [-0.15, -0.1) is 11.3 Å². The van der Waals surface area contributed by atoms with Crippen LogP contribution in [0.4, 0.5) is 0 Å². The van der Waals surface area contributed by atoms with Crippen LogP contribution in [0.1, 0.15) is 23.2 Å². The smallest absolute Gasteiger partial charge is 0.309 e. The van der Waals surface area contributed by atoms with Gasteiger partial charge >= 0.3 is 5.97 Å². The summed E-state index contributed by atoms with van der Waals surface area (Å²) in [6.07, 6.45) is 0.789. The molecule has 0 fully saturated rings. The number of thiazole rings is 1. The van der Waals surface area contributed by atoms with Gasteiger partial charge in [0, 0.05) is 21.2 Å². The maximum Gasteiger partial charge on any atom is 0.309 e. The highest BCUT2D eigenvalue weighted by molar-refractivity contribution is 7.17. The van der Waals surface area contributed by atoms with Gasteiger partial charge in [0.15, 0.2) is 4.96 Å². The van der Waals surface area contributed by atoms with Gasteiger partial charge in [-0.1, -0.05) is 30.7 Å². The number of rotatable bonds is 4. The van der Waals surface area contributed by atoms with Crippen LogP contribution in [0.25, 0.3) is 16.2 Å². The molecule has 1 aromatic carbocycles. The summed E-state index contributed by atoms with van der Waals surface area (Å²) in [6, 6.07) is 7.33. The van der Waals surface area contributed by atoms with Gasteiger partial charge in [0.25, 0.3) is 0 Å². The number of halogens is 1. The SMILES string of the molecule is CCc1c(C)sc2nc(-c3ccc(Cl)cc3)c(CC(=O)O)n12. The van der Waals surface area contributed by atoms with Gasteiger partial charge in [0.2, 0.25) is 0 Å². The standard InChI is InChI=1S/C16H15ClN2O2S/c1-3-12-9(2)22-16-18-15(10-4-6-11(17)7-5-10)13(19(12)16)8-14(20)21/h4-7H,3,8H2,1-2H3,(H,20,21). The van der Waals surface area contributed by atoms with Crippen LogP contribution in [0.2, 0.25) is 5.02 Å². The Kier molecular flexibility index (Phi) is 3.93. The molecule has 22 heavy (non-hydrogen) atoms. The van der Waals surface area contributed by atoms with E-state index in [1.807, 2.05) is 23.5 Å². The van der Waals surface area contributed by atoms with Gasteiger partial charge in [-0.25, -0.2) is 4.98 Å². The molecule has 0 atom stereocenters. The van der Waals surface area contributed by atoms with Crippen molar-refractivity contribution in [3.8, 4) is 11.3 Å². The monoisotopic (exact) mass is 334 g/mol. The number of hydrogen-bond acceptors (Lipinski definition) is 3. The molecule has 0 saturated heterocycles. The third-order valence-electron chi connectivity index (χ3n) is 3.63. The minimum atomic E-state index is -0.858. The van der Waals surface area contributed by atoms with Crippen molar-refractivity contribution >= 4 is 33.9 Å². The average Bonchev–Trinajstić information content (AvgIpc) is 2.95. The lowest BCUT2D eigenvalue weighted by Crippen LogP contribution is -2.06. The topological polar surface area (TPSA) is 54.6 Å². The van der Waals surface area contributed by atoms with Crippen LogP contribution in [0.5, 0.6) is 0 Å². The third-order valence-corrected chi connectivity index (χ3v) is 4.88. The van der Waals surface area contributed by atoms with Crippen LogP contribution in [-0.4, -0.2) is 20.5 Å². The van der Waals surface area contributed by atoms with Gasteiger partial charge in [0.05, 0.1) is 17.8 Å². The van der Waals surface area contributed by atoms with Crippen molar-refractivity contribution in [1.82, 2.24) is 9.38 Å². The second kappa shape index (κ2) is 5.74. The number of carbonyl (C=O) groups is 1. The van der Waals surface area contributed by atoms with E-state index in [2.05, 4.69) is 11.9 Å². The lowest BCUT2D eigenvalue weighted by Gasteiger charge is -2.05. The Morgan fingerprint density at radius 2 is 2.00 bits per heavy atom. The first-order valence-corrected chi connectivity index (χ1v) is 8.18. The van der Waals surface area contributed by atoms with Crippen molar-refractivity contribution in [3.05, 3.63) is 45.6 Å². The van der Waals surface area contributed by atoms with E-state index in [9.17, 15) is 9.90 Å². The van der Waals surface area contributed by atoms with E-state index in [1.54, 1.807) is 23.5 Å². The van der Waals surface area contributed by atoms with Crippen LogP contribution in [0.3, 0.4) is 0 Å². The fraction of sp³-hybridized carbons (Fsp3) is 0.250. The molecule has 6 heteroatoms. The summed E-state index contributed by atoms with van der Waals surface area (Å²) in [6.45, 7) is 4.12. The minimum absolute atomic E-state index is 0.0533. The van der Waals surface area contributed by atoms with Gasteiger partial charge in [-0.2, -0.15) is 0 Å². The Morgan fingerprint density at radius 1 is 1.32 bits per heavy atom. The van der Waals surface area contributed by atoms with E-state index in [1.165, 1.54) is 4.88 Å². The number of benzene rings is 1. The van der Waals surface area contributed by atoms with Crippen LogP contribution in [0.15, 0.2) is 24.3 Å². The summed E-state index contributed by atoms with van der Waals surface area (Å²) in [4.78, 5) is 18.0. The van der Waals surface area contributed by atoms with Crippen molar-refractivity contribution in [2.75, 3.05) is 0 Å². The van der Waals surface area contributed by atoms with Crippen molar-refractivity contribution in [2.24, 2.45) is 0 Å². The molecule has 0 unspecified atom stereocenters. The number of aryl methyl sites for hydroxylation is 2. The molecule has 0 radical (unpaired) electrons. The summed E-state index contributed by atoms with van der Waals surface area (Å²) in [5, 5.41) is 9.92. The summed E-state index contributed by atoms with van der Waals surface area (Å²) in [5.74, 6) is -0.858. The Hall–Kier alpha value is -1.85. The lowest BCUT2D eigenvalue weighted by atomic mass is 10.1. The predicted octanol–water partition coefficient (Wildman–Crippen LogP) is 4.21. The highest BCUT2D eigenvalue weighted by Gasteiger charge is 2.21. The number of aromatic nitrogens is 2. The fourth-order valence-corrected chi connectivity index (χ4v) is 3.89. The minimum Gasteiger partial charge on any atom is -0.481 e. The zero-order valence-corrected chi connectivity index (χ0v) is 13.8. The maximum absolute atomic E-state index is 11.3. The molecule has 0 bridgehead atoms. The number of aliphatic carboxylic acids is 1. The largest absolute Gasteiger partial charge is 0.481 e. The summed E-state index contributed by atoms with van der Waals surface area (Å²) >= 11 is 7.53. The van der Waals surface area contributed by atoms with Crippen molar-refractivity contribution in [1.29, 1.82) is 0 Å². The van der Waals surface area contributed by atoms with Crippen molar-refractivity contribution < 1.29 is 9.90 Å². The maximum atomic E-state index is 11.3. The number of carboxylic acid groups (broad SMARTS) is 1. The Labute approximate surface area is 137 Å². The van der Waals surface area contributed by atoms with E-state index in [4.69, 9.17) is 11.6 Å². The van der Waals surface area contributed by atoms with Crippen LogP contribution in [-0.2, 0) is 17.6 Å². The quantitative estimate of drug-likeness (QED) is 0.777. The van der Waals surface area contributed by atoms with Crippen molar-refractivity contribution in [3.63, 3.8) is 0 Å². The van der Waals surface area contributed by atoms with Crippen molar-refractivity contribution in [2.45, 2.75) is 26.7 Å². The fourth-order valence-electron chi connectivity index (χ4n) is 2.68.